The Balaban J connectivity index is 1.64. The van der Waals surface area contributed by atoms with Gasteiger partial charge in [0.2, 0.25) is 5.88 Å². The van der Waals surface area contributed by atoms with Crippen molar-refractivity contribution in [2.45, 2.75) is 12.5 Å². The van der Waals surface area contributed by atoms with E-state index in [1.165, 1.54) is 0 Å². The maximum atomic E-state index is 13.5. The molecule has 1 aromatic heterocycles. The third-order valence-electron chi connectivity index (χ3n) is 6.22. The van der Waals surface area contributed by atoms with Crippen LogP contribution in [0.15, 0.2) is 89.0 Å². The van der Waals surface area contributed by atoms with Crippen LogP contribution in [0.25, 0.3) is 10.9 Å². The highest BCUT2D eigenvalue weighted by molar-refractivity contribution is 5.88. The fourth-order valence-electron chi connectivity index (χ4n) is 4.48. The van der Waals surface area contributed by atoms with E-state index in [1.54, 1.807) is 30.9 Å². The van der Waals surface area contributed by atoms with Crippen molar-refractivity contribution >= 4 is 10.9 Å². The van der Waals surface area contributed by atoms with Crippen LogP contribution in [0.2, 0.25) is 0 Å². The predicted molar refractivity (Wildman–Crippen MR) is 132 cm³/mol. The van der Waals surface area contributed by atoms with Crippen molar-refractivity contribution in [1.29, 1.82) is 5.26 Å². The van der Waals surface area contributed by atoms with Gasteiger partial charge >= 0.3 is 0 Å². The first-order valence-corrected chi connectivity index (χ1v) is 11.1. The fourth-order valence-corrected chi connectivity index (χ4v) is 4.48. The Bertz CT molecular complexity index is 1570. The van der Waals surface area contributed by atoms with Crippen molar-refractivity contribution < 1.29 is 14.2 Å². The van der Waals surface area contributed by atoms with Crippen molar-refractivity contribution in [2.75, 3.05) is 7.11 Å². The topological polar surface area (TPSA) is 99.5 Å². The minimum absolute atomic E-state index is 0.0215. The van der Waals surface area contributed by atoms with Crippen LogP contribution in [0.3, 0.4) is 0 Å². The van der Waals surface area contributed by atoms with Gasteiger partial charge in [-0.3, -0.25) is 4.79 Å². The minimum Gasteiger partial charge on any atom is -0.493 e. The first kappa shape index (κ1) is 22.1. The van der Waals surface area contributed by atoms with Gasteiger partial charge in [0.1, 0.15) is 24.0 Å². The highest BCUT2D eigenvalue weighted by Gasteiger charge is 2.35. The van der Waals surface area contributed by atoms with Gasteiger partial charge in [0, 0.05) is 12.4 Å². The van der Waals surface area contributed by atoms with Crippen LogP contribution in [-0.2, 0) is 13.7 Å². The normalized spacial score (nSPS) is 14.7. The molecule has 1 atom stereocenters. The summed E-state index contributed by atoms with van der Waals surface area (Å²) in [6.07, 6.45) is 0. The quantitative estimate of drug-likeness (QED) is 0.471. The summed E-state index contributed by atoms with van der Waals surface area (Å²) in [5, 5.41) is 10.7. The zero-order valence-electron chi connectivity index (χ0n) is 19.3. The average Bonchev–Trinajstić information content (AvgIpc) is 2.90. The Hall–Kier alpha value is -4.70. The van der Waals surface area contributed by atoms with Gasteiger partial charge in [0.25, 0.3) is 5.56 Å². The molecule has 0 aliphatic carbocycles. The molecule has 7 heteroatoms. The van der Waals surface area contributed by atoms with E-state index in [2.05, 4.69) is 6.07 Å². The molecule has 0 saturated carbocycles. The lowest BCUT2D eigenvalue weighted by Crippen LogP contribution is -2.31. The van der Waals surface area contributed by atoms with E-state index < -0.39 is 5.92 Å². The lowest BCUT2D eigenvalue weighted by Gasteiger charge is -2.28. The number of methoxy groups -OCH3 is 1. The molecular formula is C28H23N3O4. The van der Waals surface area contributed by atoms with Gasteiger partial charge < -0.3 is 24.5 Å². The first-order chi connectivity index (χ1) is 17.0. The van der Waals surface area contributed by atoms with Crippen LogP contribution < -0.4 is 25.5 Å². The predicted octanol–water partition coefficient (Wildman–Crippen LogP) is 4.34. The summed E-state index contributed by atoms with van der Waals surface area (Å²) >= 11 is 0. The lowest BCUT2D eigenvalue weighted by molar-refractivity contribution is 0.284. The summed E-state index contributed by atoms with van der Waals surface area (Å²) in [5.41, 5.74) is 8.87. The third-order valence-corrected chi connectivity index (χ3v) is 6.22. The molecular weight excluding hydrogens is 442 g/mol. The standard InChI is InChI=1S/C28H23N3O4/c1-31-21-11-7-6-10-19(21)26-25(28(31)32)24(20(15-29)27(30)35-26)18-12-13-22(23(14-18)33-2)34-16-17-8-4-3-5-9-17/h3-14,24H,16,30H2,1-2H3/t24-/m1/s1. The highest BCUT2D eigenvalue weighted by atomic mass is 16.5. The zero-order chi connectivity index (χ0) is 24.5. The zero-order valence-corrected chi connectivity index (χ0v) is 19.3. The maximum absolute atomic E-state index is 13.5. The SMILES string of the molecule is COc1cc([C@@H]2C(C#N)=C(N)Oc3c2c(=O)n(C)c2ccccc32)ccc1OCc1ccccc1. The van der Waals surface area contributed by atoms with Crippen LogP contribution in [-0.4, -0.2) is 11.7 Å². The second-order valence-corrected chi connectivity index (χ2v) is 8.23. The molecule has 1 aliphatic rings. The molecule has 5 rings (SSSR count). The Morgan fingerprint density at radius 1 is 1.06 bits per heavy atom. The molecule has 174 valence electrons. The molecule has 0 fully saturated rings. The van der Waals surface area contributed by atoms with Crippen molar-refractivity contribution in [2.24, 2.45) is 12.8 Å². The second kappa shape index (κ2) is 8.92. The van der Waals surface area contributed by atoms with E-state index in [9.17, 15) is 10.1 Å². The third kappa shape index (κ3) is 3.75. The monoisotopic (exact) mass is 465 g/mol. The number of hydrogen-bond donors (Lipinski definition) is 1. The second-order valence-electron chi connectivity index (χ2n) is 8.23. The number of nitrogens with two attached hydrogens (primary N) is 1. The molecule has 4 aromatic rings. The van der Waals surface area contributed by atoms with Crippen molar-refractivity contribution in [1.82, 2.24) is 4.57 Å². The molecule has 2 heterocycles. The number of pyridine rings is 1. The van der Waals surface area contributed by atoms with Gasteiger partial charge in [0.15, 0.2) is 11.5 Å². The van der Waals surface area contributed by atoms with E-state index in [0.29, 0.717) is 40.5 Å². The molecule has 0 radical (unpaired) electrons. The first-order valence-electron chi connectivity index (χ1n) is 11.1. The highest BCUT2D eigenvalue weighted by Crippen LogP contribution is 2.45. The number of aromatic nitrogens is 1. The van der Waals surface area contributed by atoms with E-state index in [-0.39, 0.29) is 17.0 Å². The number of nitriles is 1. The average molecular weight is 466 g/mol. The number of nitrogens with zero attached hydrogens (tertiary/aromatic N) is 2. The molecule has 0 saturated heterocycles. The van der Waals surface area contributed by atoms with Crippen LogP contribution in [0.5, 0.6) is 17.2 Å². The molecule has 0 spiro atoms. The van der Waals surface area contributed by atoms with Crippen LogP contribution in [0.1, 0.15) is 22.6 Å². The fraction of sp³-hybridized carbons (Fsp3) is 0.143. The molecule has 35 heavy (non-hydrogen) atoms. The number of fused-ring (bicyclic) bond motifs is 3. The Kier molecular flexibility index (Phi) is 5.63. The molecule has 0 bridgehead atoms. The van der Waals surface area contributed by atoms with Crippen molar-refractivity contribution in [3.05, 3.63) is 111 Å². The summed E-state index contributed by atoms with van der Waals surface area (Å²) in [4.78, 5) is 13.5. The van der Waals surface area contributed by atoms with Gasteiger partial charge in [-0.05, 0) is 35.4 Å². The van der Waals surface area contributed by atoms with E-state index in [1.807, 2.05) is 60.7 Å². The molecule has 0 unspecified atom stereocenters. The molecule has 0 amide bonds. The summed E-state index contributed by atoms with van der Waals surface area (Å²) in [7, 11) is 3.26. The van der Waals surface area contributed by atoms with Crippen molar-refractivity contribution in [3.63, 3.8) is 0 Å². The van der Waals surface area contributed by atoms with Gasteiger partial charge in [-0.25, -0.2) is 0 Å². The van der Waals surface area contributed by atoms with E-state index in [4.69, 9.17) is 19.9 Å². The van der Waals surface area contributed by atoms with Gasteiger partial charge in [-0.2, -0.15) is 5.26 Å². The molecule has 1 aliphatic heterocycles. The molecule has 2 N–H and O–H groups in total. The van der Waals surface area contributed by atoms with Gasteiger partial charge in [-0.15, -0.1) is 0 Å². The Morgan fingerprint density at radius 3 is 2.54 bits per heavy atom. The Morgan fingerprint density at radius 2 is 1.80 bits per heavy atom. The lowest BCUT2D eigenvalue weighted by atomic mass is 9.83. The number of aryl methyl sites for hydroxylation is 1. The number of ether oxygens (including phenoxy) is 3. The van der Waals surface area contributed by atoms with Crippen molar-refractivity contribution in [3.8, 4) is 23.3 Å². The Labute approximate surface area is 202 Å². The summed E-state index contributed by atoms with van der Waals surface area (Å²) in [5.74, 6) is 0.665. The van der Waals surface area contributed by atoms with Crippen LogP contribution in [0, 0.1) is 11.3 Å². The number of allylic oxidation sites excluding steroid dienone is 1. The maximum Gasteiger partial charge on any atom is 0.258 e. The van der Waals surface area contributed by atoms with E-state index >= 15 is 0 Å². The number of hydrogen-bond acceptors (Lipinski definition) is 6. The molecule has 7 nitrogen and oxygen atoms in total. The number of para-hydroxylation sites is 1. The molecule has 3 aromatic carbocycles. The van der Waals surface area contributed by atoms with Gasteiger partial charge in [-0.1, -0.05) is 48.5 Å². The van der Waals surface area contributed by atoms with Crippen LogP contribution >= 0.6 is 0 Å². The van der Waals surface area contributed by atoms with Crippen LogP contribution in [0.4, 0.5) is 0 Å². The van der Waals surface area contributed by atoms with Gasteiger partial charge in [0.05, 0.1) is 24.1 Å². The summed E-state index contributed by atoms with van der Waals surface area (Å²) in [6.45, 7) is 0.374. The van der Waals surface area contributed by atoms with E-state index in [0.717, 1.165) is 10.9 Å². The largest absolute Gasteiger partial charge is 0.493 e. The minimum atomic E-state index is -0.718. The summed E-state index contributed by atoms with van der Waals surface area (Å²) < 4.78 is 19.0. The smallest absolute Gasteiger partial charge is 0.258 e. The number of rotatable bonds is 5. The summed E-state index contributed by atoms with van der Waals surface area (Å²) in [6, 6.07) is 24.8. The number of benzene rings is 3.